The summed E-state index contributed by atoms with van der Waals surface area (Å²) in [6.45, 7) is 5.84. The van der Waals surface area contributed by atoms with Crippen molar-refractivity contribution in [3.63, 3.8) is 0 Å². The molecule has 6 heteroatoms. The molecule has 2 aromatic heterocycles. The summed E-state index contributed by atoms with van der Waals surface area (Å²) in [6, 6.07) is 1.41. The number of fused-ring (bicyclic) bond motifs is 1. The van der Waals surface area contributed by atoms with E-state index in [1.807, 2.05) is 17.9 Å². The first-order valence-corrected chi connectivity index (χ1v) is 10.4. The number of nitrogens with zero attached hydrogens (tertiary/aromatic N) is 6. The Hall–Kier alpha value is -1.69. The second kappa shape index (κ2) is 6.48. The normalized spacial score (nSPS) is 25.9. The summed E-state index contributed by atoms with van der Waals surface area (Å²) in [5, 5.41) is 5.57. The van der Waals surface area contributed by atoms with E-state index in [-0.39, 0.29) is 0 Å². The smallest absolute Gasteiger partial charge is 0.163 e. The van der Waals surface area contributed by atoms with Crippen LogP contribution in [0.5, 0.6) is 0 Å². The highest BCUT2D eigenvalue weighted by molar-refractivity contribution is 5.87. The molecule has 0 bridgehead atoms. The van der Waals surface area contributed by atoms with E-state index in [9.17, 15) is 0 Å². The van der Waals surface area contributed by atoms with Gasteiger partial charge in [-0.1, -0.05) is 19.3 Å². The van der Waals surface area contributed by atoms with Crippen LogP contribution in [0.25, 0.3) is 11.0 Å². The second-order valence-corrected chi connectivity index (χ2v) is 8.53. The minimum atomic E-state index is 0.534. The van der Waals surface area contributed by atoms with Gasteiger partial charge in [0, 0.05) is 38.1 Å². The molecule has 6 nitrogen and oxygen atoms in total. The summed E-state index contributed by atoms with van der Waals surface area (Å²) in [4.78, 5) is 15.1. The van der Waals surface area contributed by atoms with Crippen LogP contribution in [-0.4, -0.2) is 56.4 Å². The lowest BCUT2D eigenvalue weighted by Crippen LogP contribution is -2.62. The summed E-state index contributed by atoms with van der Waals surface area (Å²) in [5.41, 5.74) is 0.992. The van der Waals surface area contributed by atoms with Crippen molar-refractivity contribution in [2.75, 3.05) is 24.5 Å². The van der Waals surface area contributed by atoms with E-state index < -0.39 is 0 Å². The lowest BCUT2D eigenvalue weighted by atomic mass is 9.97. The predicted molar refractivity (Wildman–Crippen MR) is 104 cm³/mol. The highest BCUT2D eigenvalue weighted by Gasteiger charge is 2.37. The van der Waals surface area contributed by atoms with Gasteiger partial charge in [0.2, 0.25) is 0 Å². The van der Waals surface area contributed by atoms with Crippen molar-refractivity contribution >= 4 is 16.9 Å². The van der Waals surface area contributed by atoms with Crippen LogP contribution in [0.4, 0.5) is 5.82 Å². The van der Waals surface area contributed by atoms with Gasteiger partial charge < -0.3 is 4.90 Å². The Morgan fingerprint density at radius 3 is 2.54 bits per heavy atom. The molecule has 2 aromatic rings. The number of rotatable bonds is 3. The fraction of sp³-hybridized carbons (Fsp3) is 0.750. The first kappa shape index (κ1) is 16.5. The van der Waals surface area contributed by atoms with E-state index >= 15 is 0 Å². The number of hydrogen-bond donors (Lipinski definition) is 0. The molecule has 4 heterocycles. The summed E-state index contributed by atoms with van der Waals surface area (Å²) < 4.78 is 1.91. The number of anilines is 1. The molecular weight excluding hydrogens is 324 g/mol. The Labute approximate surface area is 155 Å². The van der Waals surface area contributed by atoms with Crippen LogP contribution in [0.2, 0.25) is 0 Å². The van der Waals surface area contributed by atoms with Crippen molar-refractivity contribution in [2.45, 2.75) is 69.9 Å². The van der Waals surface area contributed by atoms with Gasteiger partial charge in [0.1, 0.15) is 11.6 Å². The quantitative estimate of drug-likeness (QED) is 0.848. The summed E-state index contributed by atoms with van der Waals surface area (Å²) in [5.74, 6) is 2.70. The molecule has 1 atom stereocenters. The molecule has 0 N–H and O–H groups in total. The molecule has 2 aliphatic heterocycles. The maximum atomic E-state index is 5.06. The van der Waals surface area contributed by atoms with Crippen molar-refractivity contribution in [3.8, 4) is 0 Å². The zero-order valence-corrected chi connectivity index (χ0v) is 16.1. The molecule has 3 fully saturated rings. The maximum Gasteiger partial charge on any atom is 0.163 e. The van der Waals surface area contributed by atoms with Crippen LogP contribution in [0.15, 0.2) is 6.20 Å². The van der Waals surface area contributed by atoms with Crippen molar-refractivity contribution in [1.29, 1.82) is 0 Å². The van der Waals surface area contributed by atoms with E-state index in [0.29, 0.717) is 12.0 Å². The highest BCUT2D eigenvalue weighted by atomic mass is 15.4. The molecule has 3 aliphatic rings. The molecule has 1 aliphatic carbocycles. The Morgan fingerprint density at radius 1 is 1.00 bits per heavy atom. The monoisotopic (exact) mass is 354 g/mol. The maximum absolute atomic E-state index is 5.06. The van der Waals surface area contributed by atoms with E-state index in [1.54, 1.807) is 0 Å². The van der Waals surface area contributed by atoms with Crippen molar-refractivity contribution in [1.82, 2.24) is 24.6 Å². The number of likely N-dealkylation sites (tertiary alicyclic amines) is 1. The number of piperidine rings is 1. The van der Waals surface area contributed by atoms with Crippen molar-refractivity contribution in [3.05, 3.63) is 12.0 Å². The van der Waals surface area contributed by atoms with E-state index in [4.69, 9.17) is 9.97 Å². The topological polar surface area (TPSA) is 50.1 Å². The van der Waals surface area contributed by atoms with Crippen LogP contribution in [-0.2, 0) is 7.05 Å². The minimum Gasteiger partial charge on any atom is -0.353 e. The van der Waals surface area contributed by atoms with Gasteiger partial charge in [-0.3, -0.25) is 9.58 Å². The van der Waals surface area contributed by atoms with E-state index in [1.165, 1.54) is 51.5 Å². The van der Waals surface area contributed by atoms with Gasteiger partial charge in [0.25, 0.3) is 0 Å². The van der Waals surface area contributed by atoms with Gasteiger partial charge in [-0.15, -0.1) is 0 Å². The Kier molecular flexibility index (Phi) is 4.11. The predicted octanol–water partition coefficient (Wildman–Crippen LogP) is 3.08. The van der Waals surface area contributed by atoms with Crippen LogP contribution >= 0.6 is 0 Å². The van der Waals surface area contributed by atoms with Crippen molar-refractivity contribution < 1.29 is 0 Å². The molecule has 2 saturated heterocycles. The minimum absolute atomic E-state index is 0.534. The van der Waals surface area contributed by atoms with Crippen LogP contribution < -0.4 is 4.90 Å². The third-order valence-corrected chi connectivity index (χ3v) is 6.79. The van der Waals surface area contributed by atoms with Gasteiger partial charge >= 0.3 is 0 Å². The zero-order valence-electron chi connectivity index (χ0n) is 16.1. The van der Waals surface area contributed by atoms with E-state index in [2.05, 4.69) is 21.8 Å². The average molecular weight is 355 g/mol. The third kappa shape index (κ3) is 2.70. The Balaban J connectivity index is 1.42. The number of aromatic nitrogens is 4. The molecule has 5 rings (SSSR count). The lowest BCUT2D eigenvalue weighted by molar-refractivity contribution is 0.0873. The van der Waals surface area contributed by atoms with Crippen LogP contribution in [0.1, 0.15) is 63.6 Å². The van der Waals surface area contributed by atoms with Crippen LogP contribution in [0, 0.1) is 0 Å². The molecule has 0 unspecified atom stereocenters. The molecule has 1 saturated carbocycles. The van der Waals surface area contributed by atoms with Gasteiger partial charge in [-0.05, 0) is 39.2 Å². The van der Waals surface area contributed by atoms with Gasteiger partial charge in [-0.2, -0.15) is 5.10 Å². The second-order valence-electron chi connectivity index (χ2n) is 8.53. The third-order valence-electron chi connectivity index (χ3n) is 6.79. The van der Waals surface area contributed by atoms with Gasteiger partial charge in [0.15, 0.2) is 5.65 Å². The molecule has 140 valence electrons. The van der Waals surface area contributed by atoms with E-state index in [0.717, 1.165) is 41.8 Å². The molecular formula is C20H30N6. The lowest BCUT2D eigenvalue weighted by Gasteiger charge is -2.49. The molecule has 26 heavy (non-hydrogen) atoms. The zero-order chi connectivity index (χ0) is 17.7. The fourth-order valence-corrected chi connectivity index (χ4v) is 5.13. The largest absolute Gasteiger partial charge is 0.353 e. The highest BCUT2D eigenvalue weighted by Crippen LogP contribution is 2.36. The summed E-state index contributed by atoms with van der Waals surface area (Å²) >= 11 is 0. The Bertz CT molecular complexity index is 787. The van der Waals surface area contributed by atoms with Gasteiger partial charge in [0.05, 0.1) is 11.6 Å². The molecule has 0 spiro atoms. The average Bonchev–Trinajstić information content (AvgIpc) is 3.26. The number of hydrogen-bond acceptors (Lipinski definition) is 5. The first-order chi connectivity index (χ1) is 12.7. The molecule has 0 amide bonds. The SMILES string of the molecule is C[C@@H]1CCCCN1C1CN(c2nc(C3CCCC3)nc3c2cnn3C)C1. The summed E-state index contributed by atoms with van der Waals surface area (Å²) in [6.07, 6.45) is 11.1. The van der Waals surface area contributed by atoms with Gasteiger partial charge in [-0.25, -0.2) is 9.97 Å². The standard InChI is InChI=1S/C20H30N6/c1-14-7-5-6-10-26(14)16-12-25(13-16)20-17-11-21-24(2)19(17)22-18(23-20)15-8-3-4-9-15/h11,14-16H,3-10,12-13H2,1-2H3/t14-/m1/s1. The molecule has 0 radical (unpaired) electrons. The number of aryl methyl sites for hydroxylation is 1. The molecule has 0 aromatic carbocycles. The van der Waals surface area contributed by atoms with Crippen molar-refractivity contribution in [2.24, 2.45) is 7.05 Å². The summed E-state index contributed by atoms with van der Waals surface area (Å²) in [7, 11) is 1.99. The Morgan fingerprint density at radius 2 is 1.77 bits per heavy atom. The first-order valence-electron chi connectivity index (χ1n) is 10.4. The van der Waals surface area contributed by atoms with Crippen LogP contribution in [0.3, 0.4) is 0 Å². The fourth-order valence-electron chi connectivity index (χ4n) is 5.13.